The molecule has 0 aliphatic carbocycles. The van der Waals surface area contributed by atoms with Crippen molar-refractivity contribution in [2.45, 2.75) is 17.7 Å². The third-order valence-corrected chi connectivity index (χ3v) is 5.72. The Bertz CT molecular complexity index is 926. The van der Waals surface area contributed by atoms with Gasteiger partial charge in [-0.1, -0.05) is 12.1 Å². The van der Waals surface area contributed by atoms with Gasteiger partial charge in [-0.05, 0) is 46.5 Å². The van der Waals surface area contributed by atoms with Crippen LogP contribution in [-0.4, -0.2) is 34.5 Å². The molecule has 0 amide bonds. The van der Waals surface area contributed by atoms with Crippen LogP contribution >= 0.6 is 15.9 Å². The Kier molecular flexibility index (Phi) is 4.69. The van der Waals surface area contributed by atoms with Gasteiger partial charge in [0.1, 0.15) is 6.33 Å². The van der Waals surface area contributed by atoms with Gasteiger partial charge in [0.05, 0.1) is 4.90 Å². The van der Waals surface area contributed by atoms with E-state index >= 15 is 0 Å². The first kappa shape index (κ1) is 16.0. The summed E-state index contributed by atoms with van der Waals surface area (Å²) >= 11 is 3.25. The number of nitrogens with one attached hydrogen (secondary N) is 1. The first-order valence-electron chi connectivity index (χ1n) is 6.95. The Hall–Kier alpha value is -1.84. The minimum Gasteiger partial charge on any atom is -0.219 e. The van der Waals surface area contributed by atoms with Crippen LogP contribution in [-0.2, 0) is 16.4 Å². The van der Waals surface area contributed by atoms with E-state index in [1.54, 1.807) is 35.0 Å². The summed E-state index contributed by atoms with van der Waals surface area (Å²) < 4.78 is 29.2. The molecule has 0 fully saturated rings. The Morgan fingerprint density at radius 1 is 1.22 bits per heavy atom. The van der Waals surface area contributed by atoms with Crippen molar-refractivity contribution in [1.82, 2.24) is 24.3 Å². The molecule has 0 bridgehead atoms. The Labute approximate surface area is 142 Å². The molecule has 1 N–H and O–H groups in total. The maximum atomic E-state index is 12.2. The van der Waals surface area contributed by atoms with Crippen molar-refractivity contribution < 1.29 is 8.42 Å². The van der Waals surface area contributed by atoms with Crippen LogP contribution in [0.4, 0.5) is 0 Å². The summed E-state index contributed by atoms with van der Waals surface area (Å²) in [7, 11) is -3.51. The number of hydrogen-bond donors (Lipinski definition) is 1. The lowest BCUT2D eigenvalue weighted by Crippen LogP contribution is -2.25. The van der Waals surface area contributed by atoms with Crippen LogP contribution in [0.25, 0.3) is 5.78 Å². The molecule has 0 aliphatic rings. The fourth-order valence-electron chi connectivity index (χ4n) is 2.13. The van der Waals surface area contributed by atoms with E-state index in [9.17, 15) is 8.42 Å². The third kappa shape index (κ3) is 3.74. The summed E-state index contributed by atoms with van der Waals surface area (Å²) in [5, 5.41) is 4.02. The highest BCUT2D eigenvalue weighted by atomic mass is 79.9. The van der Waals surface area contributed by atoms with E-state index in [0.29, 0.717) is 29.6 Å². The first-order chi connectivity index (χ1) is 11.1. The molecule has 9 heteroatoms. The molecule has 2 aromatic heterocycles. The van der Waals surface area contributed by atoms with Gasteiger partial charge < -0.3 is 0 Å². The lowest BCUT2D eigenvalue weighted by atomic mass is 10.2. The van der Waals surface area contributed by atoms with Gasteiger partial charge in [0.2, 0.25) is 10.0 Å². The summed E-state index contributed by atoms with van der Waals surface area (Å²) in [4.78, 5) is 8.39. The van der Waals surface area contributed by atoms with Crippen LogP contribution in [0.15, 0.2) is 52.4 Å². The van der Waals surface area contributed by atoms with Crippen molar-refractivity contribution in [1.29, 1.82) is 0 Å². The van der Waals surface area contributed by atoms with Gasteiger partial charge in [-0.3, -0.25) is 0 Å². The second kappa shape index (κ2) is 6.73. The molecule has 0 atom stereocenters. The predicted molar refractivity (Wildman–Crippen MR) is 88.4 cm³/mol. The molecule has 0 spiro atoms. The van der Waals surface area contributed by atoms with Crippen LogP contribution < -0.4 is 4.72 Å². The van der Waals surface area contributed by atoms with E-state index in [2.05, 4.69) is 35.7 Å². The molecule has 0 radical (unpaired) electrons. The number of rotatable bonds is 6. The maximum Gasteiger partial charge on any atom is 0.252 e. The van der Waals surface area contributed by atoms with E-state index < -0.39 is 10.0 Å². The molecule has 1 aromatic carbocycles. The van der Waals surface area contributed by atoms with E-state index in [1.807, 2.05) is 6.20 Å². The molecule has 3 rings (SSSR count). The van der Waals surface area contributed by atoms with Crippen molar-refractivity contribution in [2.75, 3.05) is 6.54 Å². The number of benzene rings is 1. The Balaban J connectivity index is 1.58. The molecule has 0 aliphatic heterocycles. The largest absolute Gasteiger partial charge is 0.252 e. The molecule has 0 saturated carbocycles. The molecular formula is C14H14BrN5O2S. The molecule has 7 nitrogen and oxygen atoms in total. The fraction of sp³-hybridized carbons (Fsp3) is 0.214. The Morgan fingerprint density at radius 2 is 2.04 bits per heavy atom. The standard InChI is InChI=1S/C14H14BrN5O2S/c15-12-5-1-2-6-13(12)23(21,22)19-7-3-4-11-8-16-14-17-10-18-20(14)9-11/h1-2,5-6,8-10,19H,3-4,7H2. The molecule has 0 saturated heterocycles. The quantitative estimate of drug-likeness (QED) is 0.642. The van der Waals surface area contributed by atoms with Crippen molar-refractivity contribution in [3.8, 4) is 0 Å². The maximum absolute atomic E-state index is 12.2. The minimum absolute atomic E-state index is 0.241. The van der Waals surface area contributed by atoms with Crippen LogP contribution in [0.1, 0.15) is 12.0 Å². The summed E-state index contributed by atoms with van der Waals surface area (Å²) in [5.74, 6) is 0.545. The minimum atomic E-state index is -3.51. The number of aromatic nitrogens is 4. The van der Waals surface area contributed by atoms with E-state index in [1.165, 1.54) is 6.33 Å². The van der Waals surface area contributed by atoms with Crippen molar-refractivity contribution >= 4 is 31.7 Å². The Morgan fingerprint density at radius 3 is 2.87 bits per heavy atom. The monoisotopic (exact) mass is 395 g/mol. The van der Waals surface area contributed by atoms with Crippen molar-refractivity contribution in [3.05, 3.63) is 53.0 Å². The number of nitrogens with zero attached hydrogens (tertiary/aromatic N) is 4. The normalized spacial score (nSPS) is 11.9. The lowest BCUT2D eigenvalue weighted by molar-refractivity contribution is 0.578. The van der Waals surface area contributed by atoms with Gasteiger partial charge in [-0.15, -0.1) is 0 Å². The van der Waals surface area contributed by atoms with E-state index in [0.717, 1.165) is 5.56 Å². The van der Waals surface area contributed by atoms with E-state index in [-0.39, 0.29) is 4.90 Å². The van der Waals surface area contributed by atoms with Crippen LogP contribution in [0.3, 0.4) is 0 Å². The van der Waals surface area contributed by atoms with Gasteiger partial charge in [-0.2, -0.15) is 10.1 Å². The van der Waals surface area contributed by atoms with Crippen LogP contribution in [0.2, 0.25) is 0 Å². The number of sulfonamides is 1. The number of hydrogen-bond acceptors (Lipinski definition) is 5. The highest BCUT2D eigenvalue weighted by Crippen LogP contribution is 2.20. The second-order valence-corrected chi connectivity index (χ2v) is 7.49. The topological polar surface area (TPSA) is 89.2 Å². The molecule has 23 heavy (non-hydrogen) atoms. The van der Waals surface area contributed by atoms with Gasteiger partial charge >= 0.3 is 0 Å². The molecule has 120 valence electrons. The summed E-state index contributed by atoms with van der Waals surface area (Å²) in [6, 6.07) is 6.73. The number of fused-ring (bicyclic) bond motifs is 1. The molecular weight excluding hydrogens is 382 g/mol. The van der Waals surface area contributed by atoms with Crippen LogP contribution in [0, 0.1) is 0 Å². The molecule has 0 unspecified atom stereocenters. The summed E-state index contributed by atoms with van der Waals surface area (Å²) in [6.07, 6.45) is 6.37. The first-order valence-corrected chi connectivity index (χ1v) is 9.22. The van der Waals surface area contributed by atoms with Gasteiger partial charge in [0.15, 0.2) is 0 Å². The number of halogens is 1. The van der Waals surface area contributed by atoms with Crippen molar-refractivity contribution in [2.24, 2.45) is 0 Å². The average Bonchev–Trinajstić information content (AvgIpc) is 2.99. The second-order valence-electron chi connectivity index (χ2n) is 4.90. The average molecular weight is 396 g/mol. The SMILES string of the molecule is O=S(=O)(NCCCc1cnc2ncnn2c1)c1ccccc1Br. The predicted octanol–water partition coefficient (Wildman–Crippen LogP) is 1.80. The van der Waals surface area contributed by atoms with E-state index in [4.69, 9.17) is 0 Å². The lowest BCUT2D eigenvalue weighted by Gasteiger charge is -2.08. The summed E-state index contributed by atoms with van der Waals surface area (Å²) in [6.45, 7) is 0.346. The zero-order valence-electron chi connectivity index (χ0n) is 12.1. The third-order valence-electron chi connectivity index (χ3n) is 3.25. The van der Waals surface area contributed by atoms with Crippen LogP contribution in [0.5, 0.6) is 0 Å². The van der Waals surface area contributed by atoms with Gasteiger partial charge in [0.25, 0.3) is 5.78 Å². The zero-order chi connectivity index (χ0) is 16.3. The zero-order valence-corrected chi connectivity index (χ0v) is 14.5. The van der Waals surface area contributed by atoms with Crippen molar-refractivity contribution in [3.63, 3.8) is 0 Å². The highest BCUT2D eigenvalue weighted by molar-refractivity contribution is 9.10. The highest BCUT2D eigenvalue weighted by Gasteiger charge is 2.16. The smallest absolute Gasteiger partial charge is 0.219 e. The summed E-state index contributed by atoms with van der Waals surface area (Å²) in [5.41, 5.74) is 0.975. The fourth-order valence-corrected chi connectivity index (χ4v) is 4.20. The number of aryl methyl sites for hydroxylation is 1. The molecule has 3 aromatic rings. The molecule has 2 heterocycles. The van der Waals surface area contributed by atoms with Gasteiger partial charge in [-0.25, -0.2) is 22.6 Å². The van der Waals surface area contributed by atoms with Gasteiger partial charge in [0, 0.05) is 23.4 Å².